The number of benzene rings is 2. The molecular weight excluding hydrogens is 370 g/mol. The maximum absolute atomic E-state index is 5.77. The third kappa shape index (κ3) is 3.51. The largest absolute Gasteiger partial charge is 0.497 e. The number of thiazole rings is 1. The van der Waals surface area contributed by atoms with E-state index in [1.807, 2.05) is 30.3 Å². The summed E-state index contributed by atoms with van der Waals surface area (Å²) in [4.78, 5) is 4.61. The lowest BCUT2D eigenvalue weighted by atomic mass is 10.2. The van der Waals surface area contributed by atoms with E-state index in [-0.39, 0.29) is 0 Å². The zero-order valence-corrected chi connectivity index (χ0v) is 15.8. The van der Waals surface area contributed by atoms with E-state index < -0.39 is 0 Å². The normalized spacial score (nSPS) is 11.0. The molecule has 2 aromatic heterocycles. The molecule has 0 spiro atoms. The molecule has 0 amide bonds. The Morgan fingerprint density at radius 1 is 1.04 bits per heavy atom. The number of para-hydroxylation sites is 1. The van der Waals surface area contributed by atoms with Gasteiger partial charge in [-0.15, -0.1) is 21.5 Å². The molecule has 132 valence electrons. The zero-order valence-electron chi connectivity index (χ0n) is 14.1. The summed E-state index contributed by atoms with van der Waals surface area (Å²) in [6.07, 6.45) is 0. The van der Waals surface area contributed by atoms with Crippen LogP contribution in [0.1, 0.15) is 5.01 Å². The number of hydrogen-bond donors (Lipinski definition) is 0. The van der Waals surface area contributed by atoms with Crippen LogP contribution in [0.4, 0.5) is 0 Å². The SMILES string of the molecule is COc1cc(OC)cc(-c2nnc(SCc3nc4ccccc4s3)o2)c1. The van der Waals surface area contributed by atoms with Gasteiger partial charge in [0.25, 0.3) is 5.22 Å². The van der Waals surface area contributed by atoms with Gasteiger partial charge in [-0.2, -0.15) is 0 Å². The number of rotatable bonds is 6. The summed E-state index contributed by atoms with van der Waals surface area (Å²) < 4.78 is 17.5. The van der Waals surface area contributed by atoms with Gasteiger partial charge in [0.15, 0.2) is 0 Å². The first kappa shape index (κ1) is 16.9. The minimum atomic E-state index is 0.425. The molecular formula is C18H15N3O3S2. The molecule has 6 nitrogen and oxygen atoms in total. The van der Waals surface area contributed by atoms with Crippen LogP contribution in [0.15, 0.2) is 52.1 Å². The summed E-state index contributed by atoms with van der Waals surface area (Å²) in [5.74, 6) is 2.44. The molecule has 2 heterocycles. The van der Waals surface area contributed by atoms with Crippen LogP contribution in [0.3, 0.4) is 0 Å². The molecule has 0 fully saturated rings. The first-order chi connectivity index (χ1) is 12.7. The van der Waals surface area contributed by atoms with E-state index in [9.17, 15) is 0 Å². The Morgan fingerprint density at radius 3 is 2.54 bits per heavy atom. The first-order valence-corrected chi connectivity index (χ1v) is 9.59. The van der Waals surface area contributed by atoms with Gasteiger partial charge in [0.05, 0.1) is 30.2 Å². The molecule has 0 aliphatic rings. The number of methoxy groups -OCH3 is 2. The average Bonchev–Trinajstić information content (AvgIpc) is 3.32. The predicted octanol–water partition coefficient (Wildman–Crippen LogP) is 4.66. The fraction of sp³-hybridized carbons (Fsp3) is 0.167. The van der Waals surface area contributed by atoms with Crippen LogP contribution in [0, 0.1) is 0 Å². The van der Waals surface area contributed by atoms with Gasteiger partial charge in [-0.25, -0.2) is 4.98 Å². The number of fused-ring (bicyclic) bond motifs is 1. The maximum atomic E-state index is 5.77. The molecule has 4 rings (SSSR count). The van der Waals surface area contributed by atoms with E-state index in [0.29, 0.717) is 28.4 Å². The van der Waals surface area contributed by atoms with Crippen LogP contribution in [-0.2, 0) is 5.75 Å². The lowest BCUT2D eigenvalue weighted by Crippen LogP contribution is -1.88. The van der Waals surface area contributed by atoms with Crippen LogP contribution in [0.5, 0.6) is 11.5 Å². The van der Waals surface area contributed by atoms with Gasteiger partial charge in [-0.3, -0.25) is 0 Å². The number of nitrogens with zero attached hydrogens (tertiary/aromatic N) is 3. The van der Waals surface area contributed by atoms with Gasteiger partial charge in [0.1, 0.15) is 16.5 Å². The Labute approximate surface area is 158 Å². The topological polar surface area (TPSA) is 70.3 Å². The fourth-order valence-electron chi connectivity index (χ4n) is 2.42. The number of aromatic nitrogens is 3. The summed E-state index contributed by atoms with van der Waals surface area (Å²) in [6.45, 7) is 0. The second kappa shape index (κ2) is 7.35. The Bertz CT molecular complexity index is 990. The molecule has 4 aromatic rings. The van der Waals surface area contributed by atoms with Crippen molar-refractivity contribution in [3.8, 4) is 23.0 Å². The van der Waals surface area contributed by atoms with E-state index in [2.05, 4.69) is 21.2 Å². The second-order valence-electron chi connectivity index (χ2n) is 5.34. The number of ether oxygens (including phenoxy) is 2. The van der Waals surface area contributed by atoms with Crippen molar-refractivity contribution >= 4 is 33.3 Å². The Hall–Kier alpha value is -2.58. The van der Waals surface area contributed by atoms with Crippen LogP contribution in [0.25, 0.3) is 21.7 Å². The van der Waals surface area contributed by atoms with Crippen LogP contribution in [0.2, 0.25) is 0 Å². The summed E-state index contributed by atoms with van der Waals surface area (Å²) in [7, 11) is 3.21. The molecule has 0 aliphatic heterocycles. The highest BCUT2D eigenvalue weighted by Gasteiger charge is 2.13. The van der Waals surface area contributed by atoms with Crippen molar-refractivity contribution in [2.24, 2.45) is 0 Å². The number of thioether (sulfide) groups is 1. The predicted molar refractivity (Wildman–Crippen MR) is 102 cm³/mol. The highest BCUT2D eigenvalue weighted by molar-refractivity contribution is 7.98. The van der Waals surface area contributed by atoms with Gasteiger partial charge in [0, 0.05) is 11.6 Å². The molecule has 0 saturated carbocycles. The molecule has 0 atom stereocenters. The van der Waals surface area contributed by atoms with Gasteiger partial charge in [0.2, 0.25) is 5.89 Å². The summed E-state index contributed by atoms with van der Waals surface area (Å²) in [5.41, 5.74) is 1.77. The third-order valence-electron chi connectivity index (χ3n) is 3.66. The highest BCUT2D eigenvalue weighted by atomic mass is 32.2. The van der Waals surface area contributed by atoms with Gasteiger partial charge < -0.3 is 13.9 Å². The number of hydrogen-bond acceptors (Lipinski definition) is 8. The van der Waals surface area contributed by atoms with Crippen molar-refractivity contribution in [3.05, 3.63) is 47.5 Å². The molecule has 26 heavy (non-hydrogen) atoms. The maximum Gasteiger partial charge on any atom is 0.277 e. The molecule has 0 bridgehead atoms. The smallest absolute Gasteiger partial charge is 0.277 e. The van der Waals surface area contributed by atoms with Gasteiger partial charge in [-0.1, -0.05) is 23.9 Å². The van der Waals surface area contributed by atoms with Crippen LogP contribution in [-0.4, -0.2) is 29.4 Å². The Kier molecular flexibility index (Phi) is 4.77. The lowest BCUT2D eigenvalue weighted by molar-refractivity contribution is 0.394. The molecule has 0 aliphatic carbocycles. The van der Waals surface area contributed by atoms with Gasteiger partial charge >= 0.3 is 0 Å². The second-order valence-corrected chi connectivity index (χ2v) is 7.38. The summed E-state index contributed by atoms with van der Waals surface area (Å²) in [5, 5.41) is 9.77. The monoisotopic (exact) mass is 385 g/mol. The Balaban J connectivity index is 1.51. The quantitative estimate of drug-likeness (QED) is 0.447. The summed E-state index contributed by atoms with van der Waals surface area (Å²) in [6, 6.07) is 13.6. The fourth-order valence-corrected chi connectivity index (χ4v) is 4.14. The van der Waals surface area contributed by atoms with E-state index in [1.54, 1.807) is 31.6 Å². The van der Waals surface area contributed by atoms with Crippen molar-refractivity contribution < 1.29 is 13.9 Å². The lowest BCUT2D eigenvalue weighted by Gasteiger charge is -2.05. The molecule has 0 radical (unpaired) electrons. The first-order valence-electron chi connectivity index (χ1n) is 7.79. The van der Waals surface area contributed by atoms with Crippen molar-refractivity contribution in [1.29, 1.82) is 0 Å². The highest BCUT2D eigenvalue weighted by Crippen LogP contribution is 2.32. The summed E-state index contributed by atoms with van der Waals surface area (Å²) >= 11 is 3.14. The van der Waals surface area contributed by atoms with Crippen molar-refractivity contribution in [1.82, 2.24) is 15.2 Å². The minimum absolute atomic E-state index is 0.425. The third-order valence-corrected chi connectivity index (χ3v) is 5.71. The molecule has 0 unspecified atom stereocenters. The zero-order chi connectivity index (χ0) is 17.9. The van der Waals surface area contributed by atoms with E-state index in [4.69, 9.17) is 13.9 Å². The van der Waals surface area contributed by atoms with Crippen LogP contribution < -0.4 is 9.47 Å². The average molecular weight is 385 g/mol. The molecule has 0 saturated heterocycles. The molecule has 0 N–H and O–H groups in total. The minimum Gasteiger partial charge on any atom is -0.497 e. The van der Waals surface area contributed by atoms with Crippen molar-refractivity contribution in [3.63, 3.8) is 0 Å². The van der Waals surface area contributed by atoms with Gasteiger partial charge in [-0.05, 0) is 24.3 Å². The van der Waals surface area contributed by atoms with Crippen molar-refractivity contribution in [2.45, 2.75) is 11.0 Å². The van der Waals surface area contributed by atoms with Crippen LogP contribution >= 0.6 is 23.1 Å². The standard InChI is InChI=1S/C18H15N3O3S2/c1-22-12-7-11(8-13(9-12)23-2)17-20-21-18(24-17)25-10-16-19-14-5-3-4-6-15(14)26-16/h3-9H,10H2,1-2H3. The van der Waals surface area contributed by atoms with E-state index in [0.717, 1.165) is 16.1 Å². The van der Waals surface area contributed by atoms with E-state index >= 15 is 0 Å². The van der Waals surface area contributed by atoms with E-state index in [1.165, 1.54) is 16.5 Å². The Morgan fingerprint density at radius 2 is 1.81 bits per heavy atom. The molecule has 2 aromatic carbocycles. The van der Waals surface area contributed by atoms with Crippen molar-refractivity contribution in [2.75, 3.05) is 14.2 Å². The molecule has 8 heteroatoms.